The summed E-state index contributed by atoms with van der Waals surface area (Å²) in [7, 11) is -7.75. The van der Waals surface area contributed by atoms with E-state index in [-0.39, 0.29) is 64.8 Å². The van der Waals surface area contributed by atoms with Gasteiger partial charge in [0, 0.05) is 56.8 Å². The predicted molar refractivity (Wildman–Crippen MR) is 377 cm³/mol. The molecule has 4 saturated carbocycles. The van der Waals surface area contributed by atoms with Crippen LogP contribution in [0.4, 0.5) is 0 Å². The Hall–Kier alpha value is -7.53. The van der Waals surface area contributed by atoms with Crippen LogP contribution in [0.15, 0.2) is 86.2 Å². The molecule has 2 saturated heterocycles. The molecule has 4 N–H and O–H groups in total. The van der Waals surface area contributed by atoms with Crippen molar-refractivity contribution in [1.82, 2.24) is 39.8 Å². The number of sulfonamides is 2. The molecule has 27 heteroatoms. The van der Waals surface area contributed by atoms with Gasteiger partial charge in [0.2, 0.25) is 55.4 Å². The standard InChI is InChI=1S/C36H45IN4O8S.C36H44N4O8S/c1-5-22-19-36(22,34(45)40-50(46,47)24-10-11-24)39-31(43)29-17-23-20-41(29)33(44)27(35(2,3)4)18-30(42)48-14-8-6-7-9-21-15-26-25(28(37)16-21)12-13-38-32(26)49-23;1-5-24-20-36(24,34(44)39-49(45,46)26-12-13-26)38-31(42)29-18-25-21-40(29)33(43)28(35(2,3)4)19-30(41)47-16-8-6-7-9-22-10-11-23-14-15-37-32(48-25)27(23)17-22/h5,12-13,15-16,22-24,27,29H,1,6-11,14,17-20H2,2-4H3,(H,39,43)(H,40,45);5,7,9-11,14-15,17,24-26,28-29H,1,6,8,12-13,16,18-21H2,2-4H3,(H,38,42)(H,39,44)/b;9-7+/t22-,23-,27-,29+,36-;24-,25-,28-,29+,36-/m11/s1. The number of halogens is 1. The summed E-state index contributed by atoms with van der Waals surface area (Å²) in [5.74, 6) is -6.55. The van der Waals surface area contributed by atoms with Crippen LogP contribution in [-0.2, 0) is 74.3 Å². The fourth-order valence-electron chi connectivity index (χ4n) is 13.7. The Kier molecular flexibility index (Phi) is 21.2. The number of carbonyl (C=O) groups excluding carboxylic acids is 8. The molecule has 24 nitrogen and oxygen atoms in total. The van der Waals surface area contributed by atoms with Crippen molar-refractivity contribution in [1.29, 1.82) is 0 Å². The van der Waals surface area contributed by atoms with Gasteiger partial charge in [-0.15, -0.1) is 13.2 Å². The van der Waals surface area contributed by atoms with Gasteiger partial charge in [0.15, 0.2) is 0 Å². The SMILES string of the molecule is C=C[C@@H]1C[C@]1(NC(=O)[C@@H]1C[C@@H]2CN1C(=O)[C@H](C(C)(C)C)CC(=O)OCCC/C=C/c1ccc3ccnc(c3c1)O2)C(=O)NS(=O)(=O)C1CC1.C=C[C@@H]1C[C@]1(NC(=O)[C@@H]1C[C@@H]2CN1C(=O)[C@H](C(C)(C)C)CC(=O)OCCCCCc1cc(I)c3ccnc(c3c1)O2)C(=O)NS(=O)(=O)C1CC1. The van der Waals surface area contributed by atoms with Gasteiger partial charge < -0.3 is 39.4 Å². The largest absolute Gasteiger partial charge is 0.472 e. The van der Waals surface area contributed by atoms with Crippen LogP contribution in [0.2, 0.25) is 0 Å². The number of benzene rings is 2. The first kappa shape index (κ1) is 72.7. The fraction of sp³-hybridized carbons (Fsp3) is 0.556. The Balaban J connectivity index is 0.000000200. The van der Waals surface area contributed by atoms with Gasteiger partial charge in [0.25, 0.3) is 11.8 Å². The number of nitrogens with one attached hydrogen (secondary N) is 4. The number of cyclic esters (lactones) is 2. The third kappa shape index (κ3) is 16.5. The van der Waals surface area contributed by atoms with E-state index < -0.39 is 148 Å². The van der Waals surface area contributed by atoms with E-state index in [2.05, 4.69) is 77.9 Å². The minimum Gasteiger partial charge on any atom is -0.472 e. The molecule has 6 heterocycles. The number of amides is 6. The van der Waals surface area contributed by atoms with Crippen molar-refractivity contribution in [3.63, 3.8) is 0 Å². The van der Waals surface area contributed by atoms with Gasteiger partial charge in [-0.25, -0.2) is 26.8 Å². The number of allylic oxidation sites excluding steroid dienone is 1. The highest BCUT2D eigenvalue weighted by atomic mass is 127. The predicted octanol–water partition coefficient (Wildman–Crippen LogP) is 7.83. The minimum absolute atomic E-state index is 0.0242. The number of nitrogens with zero attached hydrogens (tertiary/aromatic N) is 4. The van der Waals surface area contributed by atoms with Gasteiger partial charge in [-0.1, -0.05) is 78.0 Å². The van der Waals surface area contributed by atoms with E-state index in [0.717, 1.165) is 55.5 Å². The Morgan fingerprint density at radius 2 is 1.12 bits per heavy atom. The maximum atomic E-state index is 14.5. The Morgan fingerprint density at radius 3 is 1.61 bits per heavy atom. The normalized spacial score (nSPS) is 28.2. The minimum atomic E-state index is -3.87. The number of pyridine rings is 2. The number of rotatable bonds is 12. The quantitative estimate of drug-likeness (QED) is 0.0596. The van der Waals surface area contributed by atoms with Crippen molar-refractivity contribution in [2.24, 2.45) is 34.5 Å². The Labute approximate surface area is 591 Å². The van der Waals surface area contributed by atoms with Gasteiger partial charge in [-0.3, -0.25) is 47.8 Å². The van der Waals surface area contributed by atoms with E-state index in [0.29, 0.717) is 56.7 Å². The van der Waals surface area contributed by atoms with E-state index in [1.807, 2.05) is 84.0 Å². The fourth-order valence-corrected chi connectivity index (χ4v) is 17.3. The third-order valence-corrected chi connectivity index (χ3v) is 24.8. The average Bonchev–Trinajstić information content (AvgIpc) is 1.57. The number of esters is 2. The van der Waals surface area contributed by atoms with Crippen LogP contribution < -0.4 is 29.6 Å². The highest BCUT2D eigenvalue weighted by Gasteiger charge is 2.64. The van der Waals surface area contributed by atoms with Crippen molar-refractivity contribution in [2.45, 2.75) is 190 Å². The van der Waals surface area contributed by atoms with Crippen LogP contribution in [0, 0.1) is 38.1 Å². The van der Waals surface area contributed by atoms with Crippen LogP contribution in [0.5, 0.6) is 11.8 Å². The second-order valence-electron chi connectivity index (χ2n) is 29.8. The van der Waals surface area contributed by atoms with Gasteiger partial charge in [-0.05, 0) is 157 Å². The lowest BCUT2D eigenvalue weighted by Crippen LogP contribution is -2.57. The molecule has 8 bridgehead atoms. The Bertz CT molecular complexity index is 4170. The highest BCUT2D eigenvalue weighted by Crippen LogP contribution is 2.48. The molecule has 4 aliphatic heterocycles. The molecule has 2 aromatic carbocycles. The van der Waals surface area contributed by atoms with E-state index in [4.69, 9.17) is 18.9 Å². The van der Waals surface area contributed by atoms with E-state index in [1.165, 1.54) is 22.0 Å². The van der Waals surface area contributed by atoms with Crippen LogP contribution in [0.1, 0.15) is 149 Å². The Morgan fingerprint density at radius 1 is 0.626 bits per heavy atom. The van der Waals surface area contributed by atoms with Crippen molar-refractivity contribution in [3.8, 4) is 11.8 Å². The molecule has 6 amide bonds. The summed E-state index contributed by atoms with van der Waals surface area (Å²) in [5.41, 5.74) is -2.31. The molecular formula is C72H89IN8O16S2. The van der Waals surface area contributed by atoms with E-state index >= 15 is 0 Å². The number of fused-ring (bicyclic) bond motifs is 6. The summed E-state index contributed by atoms with van der Waals surface area (Å²) in [5, 5.41) is 7.88. The molecule has 0 unspecified atom stereocenters. The first-order valence-electron chi connectivity index (χ1n) is 34.2. The molecule has 10 atom stereocenters. The lowest BCUT2D eigenvalue weighted by molar-refractivity contribution is -0.153. The zero-order valence-corrected chi connectivity index (χ0v) is 60.6. The van der Waals surface area contributed by atoms with Crippen LogP contribution in [0.25, 0.3) is 27.6 Å². The number of hydrogen-bond acceptors (Lipinski definition) is 18. The first-order chi connectivity index (χ1) is 46.8. The third-order valence-electron chi connectivity index (χ3n) is 20.2. The molecule has 12 rings (SSSR count). The summed E-state index contributed by atoms with van der Waals surface area (Å²) >= 11 is 2.31. The molecule has 0 radical (unpaired) electrons. The molecule has 4 aromatic rings. The lowest BCUT2D eigenvalue weighted by atomic mass is 9.77. The molecule has 532 valence electrons. The van der Waals surface area contributed by atoms with E-state index in [1.54, 1.807) is 12.4 Å². The monoisotopic (exact) mass is 1510 g/mol. The van der Waals surface area contributed by atoms with Crippen LogP contribution >= 0.6 is 22.6 Å². The molecule has 0 spiro atoms. The molecule has 8 aliphatic rings. The van der Waals surface area contributed by atoms with Crippen LogP contribution in [0.3, 0.4) is 0 Å². The summed E-state index contributed by atoms with van der Waals surface area (Å²) in [6.45, 7) is 19.2. The number of ether oxygens (including phenoxy) is 4. The van der Waals surface area contributed by atoms with E-state index in [9.17, 15) is 55.2 Å². The lowest BCUT2D eigenvalue weighted by Gasteiger charge is -2.35. The summed E-state index contributed by atoms with van der Waals surface area (Å²) in [6.07, 6.45) is 15.7. The zero-order valence-electron chi connectivity index (χ0n) is 56.9. The smallest absolute Gasteiger partial charge is 0.306 e. The van der Waals surface area contributed by atoms with Crippen molar-refractivity contribution in [3.05, 3.63) is 101 Å². The molecule has 99 heavy (non-hydrogen) atoms. The van der Waals surface area contributed by atoms with Crippen molar-refractivity contribution in [2.75, 3.05) is 26.3 Å². The summed E-state index contributed by atoms with van der Waals surface area (Å²) in [6, 6.07) is 11.8. The number of hydrogen-bond donors (Lipinski definition) is 4. The molecule has 2 aromatic heterocycles. The number of aryl methyl sites for hydroxylation is 1. The van der Waals surface area contributed by atoms with Gasteiger partial charge in [0.1, 0.15) is 35.4 Å². The topological polar surface area (TPSA) is 322 Å². The van der Waals surface area contributed by atoms with Gasteiger partial charge in [0.05, 0.1) is 61.5 Å². The van der Waals surface area contributed by atoms with Crippen molar-refractivity contribution < 1.29 is 74.1 Å². The van der Waals surface area contributed by atoms with Crippen LogP contribution in [-0.4, -0.2) is 156 Å². The second-order valence-corrected chi connectivity index (χ2v) is 34.8. The zero-order chi connectivity index (χ0) is 71.1. The first-order valence-corrected chi connectivity index (χ1v) is 38.4. The average molecular weight is 1510 g/mol. The maximum absolute atomic E-state index is 14.5. The molecule has 4 aliphatic carbocycles. The summed E-state index contributed by atoms with van der Waals surface area (Å²) < 4.78 is 80.1. The second kappa shape index (κ2) is 28.8. The summed E-state index contributed by atoms with van der Waals surface area (Å²) in [4.78, 5) is 122. The maximum Gasteiger partial charge on any atom is 0.306 e. The highest BCUT2D eigenvalue weighted by molar-refractivity contribution is 14.1. The number of carbonyl (C=O) groups is 8. The molecule has 6 fully saturated rings. The number of aromatic nitrogens is 2. The van der Waals surface area contributed by atoms with Crippen molar-refractivity contribution >= 4 is 118 Å². The molecular weight excluding hydrogens is 1420 g/mol. The van der Waals surface area contributed by atoms with Gasteiger partial charge in [-0.2, -0.15) is 0 Å². The van der Waals surface area contributed by atoms with Gasteiger partial charge >= 0.3 is 11.9 Å².